The Morgan fingerprint density at radius 1 is 0.860 bits per heavy atom. The fourth-order valence-corrected chi connectivity index (χ4v) is 7.23. The Kier molecular flexibility index (Phi) is 6.47. The molecule has 1 saturated heterocycles. The van der Waals surface area contributed by atoms with Crippen molar-refractivity contribution in [3.05, 3.63) is 136 Å². The Balaban J connectivity index is 1.48. The number of fused-ring (bicyclic) bond motifs is 6. The number of para-hydroxylation sites is 1. The first-order valence-corrected chi connectivity index (χ1v) is 14.7. The Bertz CT molecular complexity index is 1800. The second-order valence-corrected chi connectivity index (χ2v) is 11.9. The van der Waals surface area contributed by atoms with Crippen LogP contribution in [0.15, 0.2) is 103 Å². The summed E-state index contributed by atoms with van der Waals surface area (Å²) in [6.07, 6.45) is 3.79. The van der Waals surface area contributed by atoms with Crippen LogP contribution in [0.5, 0.6) is 5.75 Å². The molecule has 7 rings (SSSR count). The number of rotatable bonds is 6. The molecule has 0 unspecified atom stereocenters. The lowest BCUT2D eigenvalue weighted by Crippen LogP contribution is -2.49. The molecule has 0 aliphatic carbocycles. The molecule has 3 heterocycles. The van der Waals surface area contributed by atoms with Gasteiger partial charge in [0.15, 0.2) is 11.6 Å². The first-order chi connectivity index (χ1) is 20.8. The molecule has 3 aliphatic heterocycles. The number of anilines is 1. The summed E-state index contributed by atoms with van der Waals surface area (Å²) in [7, 11) is 0. The molecule has 4 aromatic rings. The molecule has 7 heteroatoms. The van der Waals surface area contributed by atoms with Gasteiger partial charge in [0, 0.05) is 28.0 Å². The number of Topliss-reactive ketones (excluding diaryl/α,β-unsaturated/α-hetero) is 2. The smallest absolute Gasteiger partial charge is 0.238 e. The number of benzene rings is 4. The standard InChI is InChI=1S/C36H29ClN2O4/c1-21(2)43-26-17-13-23(14-18-26)32(40)30-31(33(41)24-11-15-25(37)16-12-24)39-20-19-22-7-3-4-8-27(22)34(39)36(30)28-9-5-6-10-29(28)38-35(36)42/h3-21,30-31,34H,1-2H3,(H,38,42)/t30-,31+,34-,36-/m0/s1. The van der Waals surface area contributed by atoms with Gasteiger partial charge in [-0.1, -0.05) is 54.1 Å². The van der Waals surface area contributed by atoms with Crippen LogP contribution >= 0.6 is 11.6 Å². The zero-order chi connectivity index (χ0) is 29.9. The summed E-state index contributed by atoms with van der Waals surface area (Å²) in [6, 6.07) is 27.4. The number of halogens is 1. The minimum Gasteiger partial charge on any atom is -0.491 e. The summed E-state index contributed by atoms with van der Waals surface area (Å²) in [6.45, 7) is 3.87. The molecule has 1 fully saturated rings. The van der Waals surface area contributed by atoms with Gasteiger partial charge in [-0.05, 0) is 91.2 Å². The van der Waals surface area contributed by atoms with Crippen molar-refractivity contribution in [3.8, 4) is 5.75 Å². The molecule has 1 N–H and O–H groups in total. The van der Waals surface area contributed by atoms with E-state index in [1.54, 1.807) is 48.5 Å². The van der Waals surface area contributed by atoms with E-state index < -0.39 is 23.4 Å². The van der Waals surface area contributed by atoms with Crippen molar-refractivity contribution >= 4 is 40.8 Å². The summed E-state index contributed by atoms with van der Waals surface area (Å²) < 4.78 is 5.82. The highest BCUT2D eigenvalue weighted by atomic mass is 35.5. The van der Waals surface area contributed by atoms with E-state index >= 15 is 0 Å². The molecule has 0 radical (unpaired) electrons. The largest absolute Gasteiger partial charge is 0.491 e. The topological polar surface area (TPSA) is 75.7 Å². The summed E-state index contributed by atoms with van der Waals surface area (Å²) in [5.74, 6) is -1.23. The molecular weight excluding hydrogens is 560 g/mol. The van der Waals surface area contributed by atoms with Gasteiger partial charge in [0.05, 0.1) is 18.1 Å². The molecule has 1 amide bonds. The maximum absolute atomic E-state index is 14.9. The van der Waals surface area contributed by atoms with E-state index in [1.807, 2.05) is 79.6 Å². The number of ether oxygens (including phenoxy) is 1. The van der Waals surface area contributed by atoms with Crippen LogP contribution in [0.1, 0.15) is 57.3 Å². The summed E-state index contributed by atoms with van der Waals surface area (Å²) in [5, 5.41) is 3.58. The molecule has 4 atom stereocenters. The third-order valence-corrected chi connectivity index (χ3v) is 9.01. The monoisotopic (exact) mass is 588 g/mol. The van der Waals surface area contributed by atoms with Gasteiger partial charge in [-0.3, -0.25) is 14.4 Å². The first-order valence-electron chi connectivity index (χ1n) is 14.4. The summed E-state index contributed by atoms with van der Waals surface area (Å²) >= 11 is 6.17. The second kappa shape index (κ2) is 10.2. The fraction of sp³-hybridized carbons (Fsp3) is 0.194. The lowest BCUT2D eigenvalue weighted by atomic mass is 9.62. The second-order valence-electron chi connectivity index (χ2n) is 11.5. The van der Waals surface area contributed by atoms with Gasteiger partial charge in [0.1, 0.15) is 17.2 Å². The number of nitrogens with zero attached hydrogens (tertiary/aromatic N) is 1. The van der Waals surface area contributed by atoms with Crippen LogP contribution < -0.4 is 10.1 Å². The third-order valence-electron chi connectivity index (χ3n) is 8.76. The van der Waals surface area contributed by atoms with Crippen molar-refractivity contribution in [1.82, 2.24) is 4.90 Å². The molecule has 0 bridgehead atoms. The zero-order valence-corrected chi connectivity index (χ0v) is 24.4. The number of amides is 1. The van der Waals surface area contributed by atoms with Gasteiger partial charge in [0.25, 0.3) is 0 Å². The summed E-state index contributed by atoms with van der Waals surface area (Å²) in [5.41, 5.74) is 2.64. The Labute approximate surface area is 254 Å². The molecule has 4 aromatic carbocycles. The molecule has 43 heavy (non-hydrogen) atoms. The van der Waals surface area contributed by atoms with Crippen LogP contribution in [0.2, 0.25) is 5.02 Å². The number of hydrogen-bond donors (Lipinski definition) is 1. The normalized spacial score (nSPS) is 23.1. The molecular formula is C36H29ClN2O4. The molecule has 3 aliphatic rings. The number of carbonyl (C=O) groups is 3. The van der Waals surface area contributed by atoms with Crippen molar-refractivity contribution < 1.29 is 19.1 Å². The quantitative estimate of drug-likeness (QED) is 0.243. The Morgan fingerprint density at radius 3 is 2.26 bits per heavy atom. The zero-order valence-electron chi connectivity index (χ0n) is 23.7. The van der Waals surface area contributed by atoms with E-state index in [2.05, 4.69) is 5.32 Å². The van der Waals surface area contributed by atoms with Crippen molar-refractivity contribution in [3.63, 3.8) is 0 Å². The Hall–Kier alpha value is -4.68. The maximum atomic E-state index is 14.9. The lowest BCUT2D eigenvalue weighted by molar-refractivity contribution is -0.122. The van der Waals surface area contributed by atoms with E-state index in [-0.39, 0.29) is 23.6 Å². The van der Waals surface area contributed by atoms with Crippen LogP contribution in [0.4, 0.5) is 5.69 Å². The van der Waals surface area contributed by atoms with Crippen molar-refractivity contribution in [2.75, 3.05) is 5.32 Å². The summed E-state index contributed by atoms with van der Waals surface area (Å²) in [4.78, 5) is 45.9. The van der Waals surface area contributed by atoms with Crippen LogP contribution in [0.25, 0.3) is 6.08 Å². The van der Waals surface area contributed by atoms with Crippen LogP contribution in [0, 0.1) is 5.92 Å². The van der Waals surface area contributed by atoms with Crippen LogP contribution in [0.3, 0.4) is 0 Å². The minimum absolute atomic E-state index is 0.0255. The van der Waals surface area contributed by atoms with Crippen LogP contribution in [-0.4, -0.2) is 34.5 Å². The number of carbonyl (C=O) groups excluding carboxylic acids is 3. The van der Waals surface area contributed by atoms with Gasteiger partial charge in [-0.15, -0.1) is 0 Å². The van der Waals surface area contributed by atoms with Crippen LogP contribution in [-0.2, 0) is 10.2 Å². The third kappa shape index (κ3) is 4.12. The van der Waals surface area contributed by atoms with Gasteiger partial charge in [-0.25, -0.2) is 0 Å². The molecule has 0 saturated carbocycles. The van der Waals surface area contributed by atoms with Gasteiger partial charge < -0.3 is 15.0 Å². The average molecular weight is 589 g/mol. The number of nitrogens with one attached hydrogen (secondary N) is 1. The van der Waals surface area contributed by atoms with E-state index in [1.165, 1.54) is 0 Å². The highest BCUT2D eigenvalue weighted by Gasteiger charge is 2.70. The van der Waals surface area contributed by atoms with Crippen molar-refractivity contribution in [2.24, 2.45) is 5.92 Å². The Morgan fingerprint density at radius 2 is 1.51 bits per heavy atom. The predicted octanol–water partition coefficient (Wildman–Crippen LogP) is 7.11. The van der Waals surface area contributed by atoms with E-state index in [0.29, 0.717) is 33.1 Å². The van der Waals surface area contributed by atoms with E-state index in [0.717, 1.165) is 11.1 Å². The van der Waals surface area contributed by atoms with E-state index in [9.17, 15) is 14.4 Å². The highest BCUT2D eigenvalue weighted by Crippen LogP contribution is 2.62. The molecule has 6 nitrogen and oxygen atoms in total. The number of hydrogen-bond acceptors (Lipinski definition) is 5. The molecule has 214 valence electrons. The minimum atomic E-state index is -1.38. The molecule has 0 aromatic heterocycles. The van der Waals surface area contributed by atoms with Gasteiger partial charge in [0.2, 0.25) is 5.91 Å². The SMILES string of the molecule is CC(C)Oc1ccc(C(=O)[C@@H]2[C@H](C(=O)c3ccc(Cl)cc3)N3C=Cc4ccccc4[C@H]3[C@@]23C(=O)Nc2ccccc23)cc1. The average Bonchev–Trinajstić information content (AvgIpc) is 3.49. The van der Waals surface area contributed by atoms with Gasteiger partial charge in [-0.2, -0.15) is 0 Å². The van der Waals surface area contributed by atoms with Crippen molar-refractivity contribution in [2.45, 2.75) is 37.5 Å². The van der Waals surface area contributed by atoms with Crippen molar-refractivity contribution in [1.29, 1.82) is 0 Å². The first kappa shape index (κ1) is 27.2. The molecule has 1 spiro atoms. The maximum Gasteiger partial charge on any atom is 0.238 e. The van der Waals surface area contributed by atoms with E-state index in [4.69, 9.17) is 16.3 Å². The number of ketones is 2. The highest BCUT2D eigenvalue weighted by molar-refractivity contribution is 6.30. The lowest BCUT2D eigenvalue weighted by Gasteiger charge is -2.38. The fourth-order valence-electron chi connectivity index (χ4n) is 7.10. The van der Waals surface area contributed by atoms with Gasteiger partial charge >= 0.3 is 0 Å². The predicted molar refractivity (Wildman–Crippen MR) is 166 cm³/mol.